The minimum atomic E-state index is -0.121. The number of benzene rings is 3. The molecule has 0 atom stereocenters. The highest BCUT2D eigenvalue weighted by molar-refractivity contribution is 6.31. The first-order valence-corrected chi connectivity index (χ1v) is 11.2. The Labute approximate surface area is 197 Å². The van der Waals surface area contributed by atoms with Crippen molar-refractivity contribution in [3.63, 3.8) is 0 Å². The number of ketones is 1. The first-order valence-electron chi connectivity index (χ1n) is 10.4. The molecule has 0 bridgehead atoms. The highest BCUT2D eigenvalue weighted by atomic mass is 35.5. The Kier molecular flexibility index (Phi) is 5.68. The molecule has 0 saturated carbocycles. The molecule has 4 nitrogen and oxygen atoms in total. The molecule has 32 heavy (non-hydrogen) atoms. The van der Waals surface area contributed by atoms with Crippen LogP contribution in [0.1, 0.15) is 32.6 Å². The van der Waals surface area contributed by atoms with Crippen LogP contribution in [0.25, 0.3) is 6.08 Å². The third-order valence-corrected chi connectivity index (χ3v) is 6.27. The first kappa shape index (κ1) is 21.1. The van der Waals surface area contributed by atoms with Crippen LogP contribution in [0.3, 0.4) is 0 Å². The van der Waals surface area contributed by atoms with Crippen molar-refractivity contribution in [2.24, 2.45) is 0 Å². The summed E-state index contributed by atoms with van der Waals surface area (Å²) in [5.74, 6) is 1.57. The monoisotopic (exact) mass is 465 g/mol. The average molecular weight is 466 g/mol. The lowest BCUT2D eigenvalue weighted by Crippen LogP contribution is -2.34. The number of halogens is 2. The lowest BCUT2D eigenvalue weighted by molar-refractivity contribution is 0.0954. The molecular weight excluding hydrogens is 445 g/mol. The second-order valence-electron chi connectivity index (χ2n) is 8.06. The van der Waals surface area contributed by atoms with Gasteiger partial charge in [-0.3, -0.25) is 9.69 Å². The third kappa shape index (κ3) is 4.14. The number of carbonyl (C=O) groups excluding carboxylic acids is 1. The van der Waals surface area contributed by atoms with E-state index >= 15 is 0 Å². The number of allylic oxidation sites excluding steroid dienone is 1. The van der Waals surface area contributed by atoms with E-state index in [4.69, 9.17) is 32.7 Å². The lowest BCUT2D eigenvalue weighted by atomic mass is 10.00. The third-order valence-electron chi connectivity index (χ3n) is 5.78. The van der Waals surface area contributed by atoms with Gasteiger partial charge in [-0.2, -0.15) is 0 Å². The molecule has 0 unspecified atom stereocenters. The van der Waals surface area contributed by atoms with Crippen LogP contribution in [-0.2, 0) is 13.0 Å². The summed E-state index contributed by atoms with van der Waals surface area (Å²) in [5, 5.41) is 1.35. The van der Waals surface area contributed by atoms with Gasteiger partial charge in [0.05, 0.1) is 5.56 Å². The zero-order chi connectivity index (χ0) is 22.2. The number of ether oxygens (including phenoxy) is 2. The minimum absolute atomic E-state index is 0.121. The van der Waals surface area contributed by atoms with E-state index in [0.29, 0.717) is 28.8 Å². The van der Waals surface area contributed by atoms with Crippen LogP contribution in [0.2, 0.25) is 10.0 Å². The number of Topliss-reactive ketones (excluding diaryl/α,β-unsaturated/α-hetero) is 1. The summed E-state index contributed by atoms with van der Waals surface area (Å²) in [7, 11) is 0. The fraction of sp³-hybridized carbons (Fsp3) is 0.192. The molecule has 6 heteroatoms. The SMILES string of the molecule is Cc1c2c(cc3c1O/C(=C\c1cccc(Cl)c1)C3=O)CN(CCc1ccc(Cl)cc1)CO2. The fourth-order valence-corrected chi connectivity index (χ4v) is 4.45. The highest BCUT2D eigenvalue weighted by Crippen LogP contribution is 2.43. The Morgan fingerprint density at radius 3 is 2.62 bits per heavy atom. The van der Waals surface area contributed by atoms with Gasteiger partial charge in [0, 0.05) is 34.3 Å². The number of hydrogen-bond acceptors (Lipinski definition) is 4. The Morgan fingerprint density at radius 1 is 1.03 bits per heavy atom. The van der Waals surface area contributed by atoms with Gasteiger partial charge in [0.1, 0.15) is 18.2 Å². The first-order chi connectivity index (χ1) is 15.5. The number of hydrogen-bond donors (Lipinski definition) is 0. The van der Waals surface area contributed by atoms with Gasteiger partial charge in [-0.15, -0.1) is 0 Å². The average Bonchev–Trinajstić information content (AvgIpc) is 3.09. The highest BCUT2D eigenvalue weighted by Gasteiger charge is 2.33. The summed E-state index contributed by atoms with van der Waals surface area (Å²) < 4.78 is 12.0. The molecule has 2 heterocycles. The van der Waals surface area contributed by atoms with Gasteiger partial charge in [-0.1, -0.05) is 47.5 Å². The van der Waals surface area contributed by atoms with E-state index in [0.717, 1.165) is 47.0 Å². The van der Waals surface area contributed by atoms with Crippen LogP contribution >= 0.6 is 23.2 Å². The molecule has 0 N–H and O–H groups in total. The van der Waals surface area contributed by atoms with E-state index in [9.17, 15) is 4.79 Å². The van der Waals surface area contributed by atoms with Crippen LogP contribution in [0.15, 0.2) is 60.4 Å². The van der Waals surface area contributed by atoms with Crippen molar-refractivity contribution in [2.45, 2.75) is 19.9 Å². The van der Waals surface area contributed by atoms with Gasteiger partial charge in [-0.25, -0.2) is 0 Å². The van der Waals surface area contributed by atoms with Crippen molar-refractivity contribution in [1.82, 2.24) is 4.90 Å². The zero-order valence-electron chi connectivity index (χ0n) is 17.5. The second kappa shape index (κ2) is 8.62. The Hall–Kier alpha value is -2.79. The van der Waals surface area contributed by atoms with E-state index in [1.165, 1.54) is 5.56 Å². The molecule has 162 valence electrons. The van der Waals surface area contributed by atoms with Gasteiger partial charge < -0.3 is 9.47 Å². The molecule has 0 radical (unpaired) electrons. The summed E-state index contributed by atoms with van der Waals surface area (Å²) >= 11 is 12.0. The summed E-state index contributed by atoms with van der Waals surface area (Å²) in [6.45, 7) is 4.01. The molecular formula is C26H21Cl2NO3. The van der Waals surface area contributed by atoms with Crippen molar-refractivity contribution in [3.05, 3.63) is 98.2 Å². The van der Waals surface area contributed by atoms with E-state index in [1.807, 2.05) is 49.4 Å². The van der Waals surface area contributed by atoms with E-state index < -0.39 is 0 Å². The molecule has 0 fully saturated rings. The van der Waals surface area contributed by atoms with E-state index in [1.54, 1.807) is 18.2 Å². The maximum absolute atomic E-state index is 13.1. The van der Waals surface area contributed by atoms with E-state index in [2.05, 4.69) is 4.90 Å². The number of nitrogens with zero attached hydrogens (tertiary/aromatic N) is 1. The molecule has 0 aliphatic carbocycles. The molecule has 0 spiro atoms. The fourth-order valence-electron chi connectivity index (χ4n) is 4.13. The minimum Gasteiger partial charge on any atom is -0.477 e. The Morgan fingerprint density at radius 2 is 1.84 bits per heavy atom. The van der Waals surface area contributed by atoms with Crippen molar-refractivity contribution < 1.29 is 14.3 Å². The van der Waals surface area contributed by atoms with Gasteiger partial charge in [0.15, 0.2) is 5.76 Å². The van der Waals surface area contributed by atoms with Crippen molar-refractivity contribution in [3.8, 4) is 11.5 Å². The van der Waals surface area contributed by atoms with Gasteiger partial charge in [-0.05, 0) is 60.9 Å². The zero-order valence-corrected chi connectivity index (χ0v) is 19.0. The molecule has 5 rings (SSSR count). The summed E-state index contributed by atoms with van der Waals surface area (Å²) in [6, 6.07) is 17.1. The number of carbonyl (C=O) groups is 1. The lowest BCUT2D eigenvalue weighted by Gasteiger charge is -2.30. The van der Waals surface area contributed by atoms with Crippen molar-refractivity contribution in [1.29, 1.82) is 0 Å². The molecule has 0 aromatic heterocycles. The predicted octanol–water partition coefficient (Wildman–Crippen LogP) is 6.31. The maximum Gasteiger partial charge on any atom is 0.231 e. The van der Waals surface area contributed by atoms with Crippen LogP contribution in [0, 0.1) is 6.92 Å². The quantitative estimate of drug-likeness (QED) is 0.423. The smallest absolute Gasteiger partial charge is 0.231 e. The standard InChI is InChI=1S/C26H21Cl2NO3/c1-16-25-19(14-29(15-31-25)10-9-17-5-7-20(27)8-6-17)13-22-24(30)23(32-26(16)22)12-18-3-2-4-21(28)11-18/h2-8,11-13H,9-10,14-15H2,1H3/b23-12-. The summed E-state index contributed by atoms with van der Waals surface area (Å²) in [4.78, 5) is 15.3. The Balaban J connectivity index is 1.36. The predicted molar refractivity (Wildman–Crippen MR) is 127 cm³/mol. The molecule has 0 saturated heterocycles. The number of rotatable bonds is 4. The van der Waals surface area contributed by atoms with Crippen molar-refractivity contribution >= 4 is 35.1 Å². The van der Waals surface area contributed by atoms with Gasteiger partial charge in [0.25, 0.3) is 0 Å². The van der Waals surface area contributed by atoms with Crippen molar-refractivity contribution in [2.75, 3.05) is 13.3 Å². The molecule has 3 aromatic carbocycles. The van der Waals surface area contributed by atoms with Gasteiger partial charge >= 0.3 is 0 Å². The van der Waals surface area contributed by atoms with Crippen LogP contribution < -0.4 is 9.47 Å². The van der Waals surface area contributed by atoms with Crippen LogP contribution in [0.4, 0.5) is 0 Å². The topological polar surface area (TPSA) is 38.8 Å². The second-order valence-corrected chi connectivity index (χ2v) is 8.94. The Bertz CT molecular complexity index is 1230. The number of fused-ring (bicyclic) bond motifs is 2. The normalized spacial score (nSPS) is 16.5. The van der Waals surface area contributed by atoms with Gasteiger partial charge in [0.2, 0.25) is 5.78 Å². The largest absolute Gasteiger partial charge is 0.477 e. The van der Waals surface area contributed by atoms with E-state index in [-0.39, 0.29) is 5.78 Å². The molecule has 0 amide bonds. The molecule has 3 aromatic rings. The maximum atomic E-state index is 13.1. The molecule has 2 aliphatic heterocycles. The van der Waals surface area contributed by atoms with Crippen LogP contribution in [0.5, 0.6) is 11.5 Å². The van der Waals surface area contributed by atoms with Crippen LogP contribution in [-0.4, -0.2) is 24.0 Å². The summed E-state index contributed by atoms with van der Waals surface area (Å²) in [6.07, 6.45) is 2.63. The summed E-state index contributed by atoms with van der Waals surface area (Å²) in [5.41, 5.74) is 4.49. The molecule has 2 aliphatic rings.